The Bertz CT molecular complexity index is 355. The second-order valence-corrected chi connectivity index (χ2v) is 2.52. The predicted molar refractivity (Wildman–Crippen MR) is 41.3 cm³/mol. The van der Waals surface area contributed by atoms with Crippen LogP contribution in [0.1, 0.15) is 0 Å². The lowest BCUT2D eigenvalue weighted by molar-refractivity contribution is 0.602. The molecule has 2 nitrogen and oxygen atoms in total. The maximum absolute atomic E-state index is 5.03. The van der Waals surface area contributed by atoms with Gasteiger partial charge in [0.05, 0.1) is 6.26 Å². The second kappa shape index (κ2) is 2.02. The molecule has 0 aliphatic heterocycles. The zero-order valence-electron chi connectivity index (χ0n) is 5.11. The molecule has 0 fully saturated rings. The maximum Gasteiger partial charge on any atom is 0.225 e. The average molecular weight is 151 g/mol. The van der Waals surface area contributed by atoms with Gasteiger partial charge in [0.2, 0.25) is 5.71 Å². The van der Waals surface area contributed by atoms with Crippen molar-refractivity contribution in [3.8, 4) is 0 Å². The van der Waals surface area contributed by atoms with Gasteiger partial charge >= 0.3 is 0 Å². The lowest BCUT2D eigenvalue weighted by Crippen LogP contribution is -1.71. The largest absolute Gasteiger partial charge is 0.446 e. The van der Waals surface area contributed by atoms with Gasteiger partial charge in [0, 0.05) is 16.5 Å². The van der Waals surface area contributed by atoms with Gasteiger partial charge in [0.1, 0.15) is 0 Å². The van der Waals surface area contributed by atoms with Crippen molar-refractivity contribution in [1.82, 2.24) is 4.98 Å². The number of aromatic nitrogens is 1. The first-order chi connectivity index (χ1) is 4.86. The van der Waals surface area contributed by atoms with E-state index < -0.39 is 0 Å². The molecule has 50 valence electrons. The van der Waals surface area contributed by atoms with Crippen LogP contribution < -0.4 is 0 Å². The number of thiol groups is 1. The van der Waals surface area contributed by atoms with Gasteiger partial charge in [-0.3, -0.25) is 0 Å². The number of pyridine rings is 1. The highest BCUT2D eigenvalue weighted by Gasteiger charge is 1.95. The van der Waals surface area contributed by atoms with Gasteiger partial charge in [-0.25, -0.2) is 4.98 Å². The molecule has 2 heterocycles. The molecule has 0 bridgehead atoms. The maximum atomic E-state index is 5.03. The molecular weight excluding hydrogens is 146 g/mol. The molecule has 0 radical (unpaired) electrons. The molecular formula is C7H5NOS. The summed E-state index contributed by atoms with van der Waals surface area (Å²) < 4.78 is 5.03. The van der Waals surface area contributed by atoms with Crippen LogP contribution in [0.2, 0.25) is 0 Å². The Morgan fingerprint density at radius 2 is 2.40 bits per heavy atom. The van der Waals surface area contributed by atoms with E-state index in [1.165, 1.54) is 0 Å². The van der Waals surface area contributed by atoms with Crippen molar-refractivity contribution in [3.05, 3.63) is 24.6 Å². The topological polar surface area (TPSA) is 26.0 Å². The summed E-state index contributed by atoms with van der Waals surface area (Å²) in [5, 5.41) is 0.993. The van der Waals surface area contributed by atoms with Crippen molar-refractivity contribution < 1.29 is 4.42 Å². The van der Waals surface area contributed by atoms with Crippen LogP contribution in [0.15, 0.2) is 33.9 Å². The summed E-state index contributed by atoms with van der Waals surface area (Å²) >= 11 is 4.13. The minimum absolute atomic E-state index is 0.665. The van der Waals surface area contributed by atoms with Crippen LogP contribution >= 0.6 is 12.6 Å². The molecule has 0 aliphatic carbocycles. The van der Waals surface area contributed by atoms with Gasteiger partial charge in [0.15, 0.2) is 0 Å². The summed E-state index contributed by atoms with van der Waals surface area (Å²) in [7, 11) is 0. The Balaban J connectivity index is 2.86. The highest BCUT2D eigenvalue weighted by Crippen LogP contribution is 2.15. The fourth-order valence-corrected chi connectivity index (χ4v) is 1.04. The van der Waals surface area contributed by atoms with Crippen molar-refractivity contribution in [2.24, 2.45) is 0 Å². The van der Waals surface area contributed by atoms with Gasteiger partial charge in [0.25, 0.3) is 0 Å². The molecule has 0 saturated heterocycles. The number of hydrogen-bond acceptors (Lipinski definition) is 3. The Kier molecular flexibility index (Phi) is 1.17. The molecule has 3 heteroatoms. The number of rotatable bonds is 0. The van der Waals surface area contributed by atoms with Crippen LogP contribution in [0.25, 0.3) is 11.1 Å². The third-order valence-electron chi connectivity index (χ3n) is 1.29. The molecule has 0 aromatic carbocycles. The average Bonchev–Trinajstić information content (AvgIpc) is 2.33. The molecule has 2 aromatic heterocycles. The molecule has 0 amide bonds. The highest BCUT2D eigenvalue weighted by atomic mass is 32.1. The summed E-state index contributed by atoms with van der Waals surface area (Å²) in [6, 6.07) is 3.77. The van der Waals surface area contributed by atoms with E-state index in [1.54, 1.807) is 12.5 Å². The van der Waals surface area contributed by atoms with Gasteiger partial charge < -0.3 is 4.42 Å². The predicted octanol–water partition coefficient (Wildman–Crippen LogP) is 2.12. The third kappa shape index (κ3) is 0.789. The van der Waals surface area contributed by atoms with E-state index in [4.69, 9.17) is 4.42 Å². The van der Waals surface area contributed by atoms with Gasteiger partial charge in [-0.05, 0) is 12.1 Å². The van der Waals surface area contributed by atoms with Gasteiger partial charge in [-0.15, -0.1) is 12.6 Å². The molecule has 2 rings (SSSR count). The van der Waals surface area contributed by atoms with E-state index in [0.29, 0.717) is 5.71 Å². The lowest BCUT2D eigenvalue weighted by Gasteiger charge is -1.87. The highest BCUT2D eigenvalue weighted by molar-refractivity contribution is 7.80. The molecule has 10 heavy (non-hydrogen) atoms. The summed E-state index contributed by atoms with van der Waals surface area (Å²) in [5.41, 5.74) is 0.665. The van der Waals surface area contributed by atoms with Crippen LogP contribution in [0.5, 0.6) is 0 Å². The summed E-state index contributed by atoms with van der Waals surface area (Å²) in [5.74, 6) is 0. The van der Waals surface area contributed by atoms with Gasteiger partial charge in [-0.1, -0.05) is 0 Å². The zero-order chi connectivity index (χ0) is 6.97. The molecule has 0 saturated carbocycles. The number of furan rings is 1. The van der Waals surface area contributed by atoms with Gasteiger partial charge in [-0.2, -0.15) is 0 Å². The second-order valence-electron chi connectivity index (χ2n) is 2.01. The summed E-state index contributed by atoms with van der Waals surface area (Å²) in [4.78, 5) is 4.85. The van der Waals surface area contributed by atoms with Crippen LogP contribution in [0, 0.1) is 0 Å². The Morgan fingerprint density at radius 3 is 3.30 bits per heavy atom. The first-order valence-electron chi connectivity index (χ1n) is 2.88. The quantitative estimate of drug-likeness (QED) is 0.583. The standard InChI is InChI=1S/C7H5NOS/c10-6-3-5-1-2-9-7(5)8-4-6/h1-4,10H. The molecule has 0 aliphatic rings. The van der Waals surface area contributed by atoms with Crippen molar-refractivity contribution in [3.63, 3.8) is 0 Å². The SMILES string of the molecule is Sc1cnc2occc2c1. The van der Waals surface area contributed by atoms with Crippen molar-refractivity contribution in [1.29, 1.82) is 0 Å². The van der Waals surface area contributed by atoms with Crippen molar-refractivity contribution in [2.75, 3.05) is 0 Å². The molecule has 0 spiro atoms. The number of nitrogens with zero attached hydrogens (tertiary/aromatic N) is 1. The number of fused-ring (bicyclic) bond motifs is 1. The van der Waals surface area contributed by atoms with E-state index in [2.05, 4.69) is 17.6 Å². The van der Waals surface area contributed by atoms with E-state index >= 15 is 0 Å². The Hall–Kier alpha value is -0.960. The molecule has 0 unspecified atom stereocenters. The Morgan fingerprint density at radius 1 is 1.50 bits per heavy atom. The smallest absolute Gasteiger partial charge is 0.225 e. The van der Waals surface area contributed by atoms with E-state index in [1.807, 2.05) is 12.1 Å². The van der Waals surface area contributed by atoms with Crippen molar-refractivity contribution >= 4 is 23.7 Å². The minimum Gasteiger partial charge on any atom is -0.446 e. The van der Waals surface area contributed by atoms with E-state index in [0.717, 1.165) is 10.3 Å². The monoisotopic (exact) mass is 151 g/mol. The molecule has 0 atom stereocenters. The van der Waals surface area contributed by atoms with Crippen LogP contribution in [-0.2, 0) is 0 Å². The van der Waals surface area contributed by atoms with Crippen molar-refractivity contribution in [2.45, 2.75) is 4.90 Å². The first-order valence-corrected chi connectivity index (χ1v) is 3.33. The first kappa shape index (κ1) is 5.80. The molecule has 2 aromatic rings. The Labute approximate surface area is 63.3 Å². The van der Waals surface area contributed by atoms with E-state index in [-0.39, 0.29) is 0 Å². The number of hydrogen-bond donors (Lipinski definition) is 1. The van der Waals surface area contributed by atoms with E-state index in [9.17, 15) is 0 Å². The lowest BCUT2D eigenvalue weighted by atomic mass is 10.3. The fraction of sp³-hybridized carbons (Fsp3) is 0. The molecule has 0 N–H and O–H groups in total. The minimum atomic E-state index is 0.665. The van der Waals surface area contributed by atoms with Crippen LogP contribution in [0.4, 0.5) is 0 Å². The van der Waals surface area contributed by atoms with Crippen LogP contribution in [0.3, 0.4) is 0 Å². The summed E-state index contributed by atoms with van der Waals surface area (Å²) in [6.45, 7) is 0. The summed E-state index contributed by atoms with van der Waals surface area (Å²) in [6.07, 6.45) is 3.28. The fourth-order valence-electron chi connectivity index (χ4n) is 0.847. The normalized spacial score (nSPS) is 10.5. The zero-order valence-corrected chi connectivity index (χ0v) is 6.01. The third-order valence-corrected chi connectivity index (χ3v) is 1.54. The van der Waals surface area contributed by atoms with Crippen LogP contribution in [-0.4, -0.2) is 4.98 Å².